The Hall–Kier alpha value is -3.71. The average Bonchev–Trinajstić information content (AvgIpc) is 4.05. The molecule has 0 spiro atoms. The van der Waals surface area contributed by atoms with E-state index >= 15 is 0 Å². The monoisotopic (exact) mass is 760 g/mol. The number of benzene rings is 5. The molecule has 0 amide bonds. The summed E-state index contributed by atoms with van der Waals surface area (Å²) in [7, 11) is 0. The van der Waals surface area contributed by atoms with Gasteiger partial charge in [0.2, 0.25) is 0 Å². The van der Waals surface area contributed by atoms with Gasteiger partial charge in [-0.3, -0.25) is 0 Å². The van der Waals surface area contributed by atoms with E-state index in [9.17, 15) is 4.79 Å². The zero-order chi connectivity index (χ0) is 37.7. The van der Waals surface area contributed by atoms with Crippen molar-refractivity contribution < 1.29 is 31.6 Å². The van der Waals surface area contributed by atoms with E-state index in [1.807, 2.05) is 6.07 Å². The molecule has 2 aliphatic heterocycles. The molecule has 5 aromatic carbocycles. The van der Waals surface area contributed by atoms with Crippen molar-refractivity contribution in [2.75, 3.05) is 26.4 Å². The van der Waals surface area contributed by atoms with Crippen molar-refractivity contribution in [3.63, 3.8) is 0 Å². The summed E-state index contributed by atoms with van der Waals surface area (Å²) >= 11 is 0. The molecule has 0 N–H and O–H groups in total. The van der Waals surface area contributed by atoms with Gasteiger partial charge < -0.3 is 14.3 Å². The van der Waals surface area contributed by atoms with E-state index in [1.54, 1.807) is 30.6 Å². The normalized spacial score (nSPS) is 21.2. The third-order valence-corrected chi connectivity index (χ3v) is 11.9. The predicted molar refractivity (Wildman–Crippen MR) is 227 cm³/mol. The molecule has 0 unspecified atom stereocenters. The fourth-order valence-electron chi connectivity index (χ4n) is 8.04. The topological polar surface area (TPSA) is 35.5 Å². The van der Waals surface area contributed by atoms with E-state index in [-0.39, 0.29) is 17.4 Å². The zero-order valence-electron chi connectivity index (χ0n) is 33.2. The van der Waals surface area contributed by atoms with Crippen LogP contribution in [-0.2, 0) is 31.6 Å². The molecule has 283 valence electrons. The van der Waals surface area contributed by atoms with Gasteiger partial charge in [-0.25, -0.2) is 0 Å². The smallest absolute Gasteiger partial charge is 0.381 e. The van der Waals surface area contributed by atoms with E-state index in [0.29, 0.717) is 5.56 Å². The number of rotatable bonds is 5. The van der Waals surface area contributed by atoms with Crippen molar-refractivity contribution in [2.45, 2.75) is 60.3 Å². The van der Waals surface area contributed by atoms with Crippen LogP contribution in [0.25, 0.3) is 0 Å². The summed E-state index contributed by atoms with van der Waals surface area (Å²) in [5.74, 6) is 4.68. The molecular formula is C49H61BCrO3+. The molecule has 3 aliphatic rings. The standard InChI is InChI=1S/C24H20B.C10H20.C7H5O.2C4H8O.Cr/c1-5-13-21(14-6-1)25(22-15-7-2-8-16-22,23-17-9-3-10-18-23)24-19-11-4-12-20-24;1-6-7(2)9(4)10(5)8(6)3;8-6-7-4-2-1-3-5-7;2*1-2-4-5-3-1;/h1-20H;6-10H,1-5H3;1-5H;2*1-4H2;/q-1;;-1;;;+3. The second-order valence-electron chi connectivity index (χ2n) is 14.9. The predicted octanol–water partition coefficient (Wildman–Crippen LogP) is 8.98. The molecule has 0 bridgehead atoms. The van der Waals surface area contributed by atoms with Gasteiger partial charge in [0.15, 0.2) is 0 Å². The molecule has 8 rings (SSSR count). The fraction of sp³-hybridized carbons (Fsp3) is 0.367. The molecule has 1 radical (unpaired) electrons. The van der Waals surface area contributed by atoms with Crippen LogP contribution in [0.15, 0.2) is 152 Å². The maximum absolute atomic E-state index is 9.88. The van der Waals surface area contributed by atoms with Crippen LogP contribution >= 0.6 is 0 Å². The molecule has 0 aromatic heterocycles. The summed E-state index contributed by atoms with van der Waals surface area (Å²) in [4.78, 5) is 9.88. The minimum Gasteiger partial charge on any atom is -0.381 e. The summed E-state index contributed by atoms with van der Waals surface area (Å²) in [6.07, 6.45) is 5.67. The molecule has 0 atom stereocenters. The van der Waals surface area contributed by atoms with Gasteiger partial charge in [0.05, 0.1) is 6.29 Å². The molecular weight excluding hydrogens is 699 g/mol. The Bertz CT molecular complexity index is 1430. The minimum atomic E-state index is -1.22. The van der Waals surface area contributed by atoms with Gasteiger partial charge in [0.1, 0.15) is 6.15 Å². The van der Waals surface area contributed by atoms with Crippen molar-refractivity contribution in [3.05, 3.63) is 157 Å². The maximum Gasteiger partial charge on any atom is 3.00 e. The van der Waals surface area contributed by atoms with E-state index in [2.05, 4.69) is 156 Å². The third-order valence-electron chi connectivity index (χ3n) is 11.9. The number of carbonyl (C=O) groups excluding carboxylic acids is 1. The maximum atomic E-state index is 9.88. The Labute approximate surface area is 338 Å². The van der Waals surface area contributed by atoms with E-state index < -0.39 is 6.15 Å². The van der Waals surface area contributed by atoms with Crippen molar-refractivity contribution >= 4 is 34.3 Å². The van der Waals surface area contributed by atoms with Crippen LogP contribution < -0.4 is 21.9 Å². The third kappa shape index (κ3) is 12.7. The first kappa shape index (κ1) is 44.7. The number of hydrogen-bond donors (Lipinski definition) is 0. The van der Waals surface area contributed by atoms with Gasteiger partial charge in [0, 0.05) is 26.4 Å². The summed E-state index contributed by atoms with van der Waals surface area (Å²) in [6.45, 7) is 16.0. The zero-order valence-corrected chi connectivity index (χ0v) is 34.5. The number of hydrogen-bond acceptors (Lipinski definition) is 3. The first-order chi connectivity index (χ1) is 25.9. The largest absolute Gasteiger partial charge is 3.00 e. The second-order valence-corrected chi connectivity index (χ2v) is 14.9. The summed E-state index contributed by atoms with van der Waals surface area (Å²) in [5.41, 5.74) is 5.96. The Morgan fingerprint density at radius 2 is 0.630 bits per heavy atom. The van der Waals surface area contributed by atoms with Crippen molar-refractivity contribution in [2.24, 2.45) is 29.6 Å². The van der Waals surface area contributed by atoms with E-state index in [0.717, 1.165) is 56.0 Å². The molecule has 2 heterocycles. The van der Waals surface area contributed by atoms with Crippen molar-refractivity contribution in [1.29, 1.82) is 0 Å². The van der Waals surface area contributed by atoms with Gasteiger partial charge >= 0.3 is 17.4 Å². The fourth-order valence-corrected chi connectivity index (χ4v) is 8.04. The molecule has 1 aliphatic carbocycles. The molecule has 3 nitrogen and oxygen atoms in total. The average molecular weight is 761 g/mol. The van der Waals surface area contributed by atoms with Crippen LogP contribution in [0.5, 0.6) is 0 Å². The van der Waals surface area contributed by atoms with E-state index in [1.165, 1.54) is 47.5 Å². The quantitative estimate of drug-likeness (QED) is 0.133. The SMILES string of the molecule is C1CCOC1.C1CCOC1.CC1C(C)C(C)C(C)C1C.O=[C-]c1ccccc1.[Cr+3].c1ccc([B-](c2ccccc2)(c2ccccc2)c2ccccc2)cc1. The summed E-state index contributed by atoms with van der Waals surface area (Å²) < 4.78 is 9.89. The van der Waals surface area contributed by atoms with Gasteiger partial charge in [-0.05, 0) is 55.3 Å². The van der Waals surface area contributed by atoms with Crippen LogP contribution in [0.4, 0.5) is 0 Å². The second kappa shape index (κ2) is 24.6. The van der Waals surface area contributed by atoms with Crippen LogP contribution in [0.2, 0.25) is 0 Å². The Morgan fingerprint density at radius 3 is 0.796 bits per heavy atom. The van der Waals surface area contributed by atoms with Crippen LogP contribution in [0.3, 0.4) is 0 Å². The van der Waals surface area contributed by atoms with Crippen molar-refractivity contribution in [3.8, 4) is 0 Å². The van der Waals surface area contributed by atoms with Gasteiger partial charge in [0.25, 0.3) is 0 Å². The summed E-state index contributed by atoms with van der Waals surface area (Å²) in [5, 5.41) is 0. The van der Waals surface area contributed by atoms with Gasteiger partial charge in [-0.15, -0.1) is 12.1 Å². The molecule has 5 heteroatoms. The Kier molecular flexibility index (Phi) is 20.4. The first-order valence-electron chi connectivity index (χ1n) is 19.9. The van der Waals surface area contributed by atoms with Crippen LogP contribution in [0, 0.1) is 29.6 Å². The van der Waals surface area contributed by atoms with Crippen LogP contribution in [-0.4, -0.2) is 38.9 Å². The Morgan fingerprint density at radius 1 is 0.407 bits per heavy atom. The van der Waals surface area contributed by atoms with Crippen molar-refractivity contribution in [1.82, 2.24) is 0 Å². The number of ether oxygens (including phenoxy) is 2. The first-order valence-corrected chi connectivity index (χ1v) is 19.9. The van der Waals surface area contributed by atoms with Crippen LogP contribution in [0.1, 0.15) is 65.9 Å². The van der Waals surface area contributed by atoms with Gasteiger partial charge in [-0.1, -0.05) is 162 Å². The molecule has 1 saturated carbocycles. The molecule has 54 heavy (non-hydrogen) atoms. The minimum absolute atomic E-state index is 0. The summed E-state index contributed by atoms with van der Waals surface area (Å²) in [6, 6.07) is 52.4. The van der Waals surface area contributed by atoms with E-state index in [4.69, 9.17) is 9.47 Å². The Balaban J connectivity index is 0.000000220. The van der Waals surface area contributed by atoms with Gasteiger partial charge in [-0.2, -0.15) is 39.5 Å². The molecule has 2 saturated heterocycles. The molecule has 5 aromatic rings. The molecule has 3 fully saturated rings.